The van der Waals surface area contributed by atoms with Crippen LogP contribution in [0.2, 0.25) is 0 Å². The molecule has 1 amide bonds. The lowest BCUT2D eigenvalue weighted by Crippen LogP contribution is -2.30. The van der Waals surface area contributed by atoms with Crippen LogP contribution < -0.4 is 10.9 Å². The summed E-state index contributed by atoms with van der Waals surface area (Å²) in [5, 5.41) is 3.46. The topological polar surface area (TPSA) is 64.0 Å². The Bertz CT molecular complexity index is 737. The predicted molar refractivity (Wildman–Crippen MR) is 81.3 cm³/mol. The third kappa shape index (κ3) is 3.08. The average molecular weight is 306 g/mol. The fourth-order valence-electron chi connectivity index (χ4n) is 2.29. The van der Waals surface area contributed by atoms with Gasteiger partial charge in [0.1, 0.15) is 5.82 Å². The summed E-state index contributed by atoms with van der Waals surface area (Å²) in [6, 6.07) is 7.49. The Balaban J connectivity index is 1.87. The van der Waals surface area contributed by atoms with Crippen LogP contribution in [0.25, 0.3) is 10.9 Å². The first-order valence-corrected chi connectivity index (χ1v) is 7.56. The maximum absolute atomic E-state index is 12.5. The number of rotatable bonds is 5. The zero-order chi connectivity index (χ0) is 14.8. The van der Waals surface area contributed by atoms with E-state index in [0.29, 0.717) is 29.3 Å². The molecule has 2 aromatic rings. The monoisotopic (exact) mass is 305 g/mol. The van der Waals surface area contributed by atoms with Gasteiger partial charge in [-0.25, -0.2) is 4.98 Å². The third-order valence-corrected chi connectivity index (χ3v) is 3.80. The minimum absolute atomic E-state index is 0.0296. The molecule has 3 rings (SSSR count). The van der Waals surface area contributed by atoms with E-state index < -0.39 is 0 Å². The molecular weight excluding hydrogens is 290 g/mol. The Kier molecular flexibility index (Phi) is 3.92. The van der Waals surface area contributed by atoms with Crippen LogP contribution in [0, 0.1) is 0 Å². The van der Waals surface area contributed by atoms with Crippen LogP contribution in [-0.2, 0) is 17.2 Å². The number of fused-ring (bicyclic) bond motifs is 1. The van der Waals surface area contributed by atoms with Crippen molar-refractivity contribution < 1.29 is 4.79 Å². The van der Waals surface area contributed by atoms with E-state index >= 15 is 0 Å². The number of nitrogens with zero attached hydrogens (tertiary/aromatic N) is 2. The first-order chi connectivity index (χ1) is 10.2. The lowest BCUT2D eigenvalue weighted by atomic mass is 10.2. The molecule has 0 bridgehead atoms. The molecule has 5 nitrogen and oxygen atoms in total. The summed E-state index contributed by atoms with van der Waals surface area (Å²) in [6.07, 6.45) is 2.37. The van der Waals surface area contributed by atoms with Gasteiger partial charge in [0, 0.05) is 19.0 Å². The van der Waals surface area contributed by atoms with E-state index in [1.165, 1.54) is 4.57 Å². The molecule has 1 aliphatic rings. The van der Waals surface area contributed by atoms with E-state index in [0.717, 1.165) is 12.8 Å². The summed E-state index contributed by atoms with van der Waals surface area (Å²) in [5.74, 6) is 0.613. The summed E-state index contributed by atoms with van der Waals surface area (Å²) >= 11 is 5.89. The largest absolute Gasteiger partial charge is 0.353 e. The fourth-order valence-corrected chi connectivity index (χ4v) is 2.49. The number of amides is 1. The summed E-state index contributed by atoms with van der Waals surface area (Å²) in [7, 11) is 0. The molecule has 1 N–H and O–H groups in total. The number of carbonyl (C=O) groups is 1. The fraction of sp³-hybridized carbons (Fsp3) is 0.400. The Morgan fingerprint density at radius 2 is 2.14 bits per heavy atom. The van der Waals surface area contributed by atoms with Gasteiger partial charge < -0.3 is 5.32 Å². The number of halogens is 1. The zero-order valence-electron chi connectivity index (χ0n) is 11.5. The van der Waals surface area contributed by atoms with Gasteiger partial charge >= 0.3 is 0 Å². The van der Waals surface area contributed by atoms with Crippen LogP contribution >= 0.6 is 11.6 Å². The van der Waals surface area contributed by atoms with Gasteiger partial charge in [-0.15, -0.1) is 11.6 Å². The SMILES string of the molecule is O=C(CCn1c(CCl)nc2ccccc2c1=O)NC1CC1. The summed E-state index contributed by atoms with van der Waals surface area (Å²) < 4.78 is 1.50. The van der Waals surface area contributed by atoms with Crippen molar-refractivity contribution in [3.8, 4) is 0 Å². The van der Waals surface area contributed by atoms with Crippen molar-refractivity contribution in [1.82, 2.24) is 14.9 Å². The maximum atomic E-state index is 12.5. The predicted octanol–water partition coefficient (Wildman–Crippen LogP) is 1.80. The Morgan fingerprint density at radius 3 is 2.86 bits per heavy atom. The molecule has 0 radical (unpaired) electrons. The molecule has 110 valence electrons. The van der Waals surface area contributed by atoms with Gasteiger partial charge in [-0.05, 0) is 25.0 Å². The van der Waals surface area contributed by atoms with Gasteiger partial charge in [-0.1, -0.05) is 12.1 Å². The highest BCUT2D eigenvalue weighted by Crippen LogP contribution is 2.18. The highest BCUT2D eigenvalue weighted by atomic mass is 35.5. The van der Waals surface area contributed by atoms with E-state index in [1.54, 1.807) is 18.2 Å². The number of alkyl halides is 1. The molecule has 0 atom stereocenters. The van der Waals surface area contributed by atoms with Gasteiger partial charge in [-0.2, -0.15) is 0 Å². The van der Waals surface area contributed by atoms with Crippen molar-refractivity contribution in [1.29, 1.82) is 0 Å². The molecule has 6 heteroatoms. The van der Waals surface area contributed by atoms with Gasteiger partial charge in [-0.3, -0.25) is 14.2 Å². The Hall–Kier alpha value is -1.88. The van der Waals surface area contributed by atoms with Gasteiger partial charge in [0.05, 0.1) is 16.8 Å². The molecule has 0 unspecified atom stereocenters. The van der Waals surface area contributed by atoms with Crippen molar-refractivity contribution in [2.45, 2.75) is 37.7 Å². The quantitative estimate of drug-likeness (QED) is 0.857. The Morgan fingerprint density at radius 1 is 1.38 bits per heavy atom. The van der Waals surface area contributed by atoms with E-state index in [1.807, 2.05) is 6.07 Å². The number of hydrogen-bond donors (Lipinski definition) is 1. The van der Waals surface area contributed by atoms with Gasteiger partial charge in [0.15, 0.2) is 0 Å². The van der Waals surface area contributed by atoms with E-state index in [9.17, 15) is 9.59 Å². The number of hydrogen-bond acceptors (Lipinski definition) is 3. The summed E-state index contributed by atoms with van der Waals surface area (Å²) in [6.45, 7) is 0.303. The summed E-state index contributed by atoms with van der Waals surface area (Å²) in [4.78, 5) is 28.7. The highest BCUT2D eigenvalue weighted by molar-refractivity contribution is 6.16. The lowest BCUT2D eigenvalue weighted by molar-refractivity contribution is -0.121. The molecular formula is C15H16ClN3O2. The molecule has 1 fully saturated rings. The first-order valence-electron chi connectivity index (χ1n) is 7.03. The number of aromatic nitrogens is 2. The highest BCUT2D eigenvalue weighted by Gasteiger charge is 2.23. The van der Waals surface area contributed by atoms with Crippen LogP contribution in [-0.4, -0.2) is 21.5 Å². The van der Waals surface area contributed by atoms with Gasteiger partial charge in [0.25, 0.3) is 5.56 Å². The molecule has 1 heterocycles. The second-order valence-corrected chi connectivity index (χ2v) is 5.49. The van der Waals surface area contributed by atoms with Crippen LogP contribution in [0.4, 0.5) is 0 Å². The third-order valence-electron chi connectivity index (χ3n) is 3.57. The van der Waals surface area contributed by atoms with E-state index in [2.05, 4.69) is 10.3 Å². The molecule has 1 saturated carbocycles. The normalized spacial score (nSPS) is 14.3. The standard InChI is InChI=1S/C15H16ClN3O2/c16-9-13-18-12-4-2-1-3-11(12)15(21)19(13)8-7-14(20)17-10-5-6-10/h1-4,10H,5-9H2,(H,17,20). The molecule has 0 aliphatic heterocycles. The van der Waals surface area contributed by atoms with Gasteiger partial charge in [0.2, 0.25) is 5.91 Å². The molecule has 1 aliphatic carbocycles. The van der Waals surface area contributed by atoms with Crippen LogP contribution in [0.1, 0.15) is 25.1 Å². The average Bonchev–Trinajstić information content (AvgIpc) is 3.30. The number of benzene rings is 1. The van der Waals surface area contributed by atoms with Crippen molar-refractivity contribution in [3.05, 3.63) is 40.4 Å². The number of carbonyl (C=O) groups excluding carboxylic acids is 1. The molecule has 1 aromatic carbocycles. The minimum atomic E-state index is -0.143. The lowest BCUT2D eigenvalue weighted by Gasteiger charge is -2.11. The molecule has 1 aromatic heterocycles. The molecule has 21 heavy (non-hydrogen) atoms. The zero-order valence-corrected chi connectivity index (χ0v) is 12.3. The maximum Gasteiger partial charge on any atom is 0.261 e. The van der Waals surface area contributed by atoms with E-state index in [4.69, 9.17) is 11.6 Å². The van der Waals surface area contributed by atoms with Crippen LogP contribution in [0.3, 0.4) is 0 Å². The summed E-state index contributed by atoms with van der Waals surface area (Å²) in [5.41, 5.74) is 0.493. The van der Waals surface area contributed by atoms with Crippen molar-refractivity contribution in [3.63, 3.8) is 0 Å². The Labute approximate surface area is 126 Å². The van der Waals surface area contributed by atoms with Crippen molar-refractivity contribution in [2.75, 3.05) is 0 Å². The second kappa shape index (κ2) is 5.85. The van der Waals surface area contributed by atoms with Crippen LogP contribution in [0.15, 0.2) is 29.1 Å². The molecule has 0 spiro atoms. The smallest absolute Gasteiger partial charge is 0.261 e. The second-order valence-electron chi connectivity index (χ2n) is 5.23. The van der Waals surface area contributed by atoms with Crippen molar-refractivity contribution in [2.24, 2.45) is 0 Å². The number of nitrogens with one attached hydrogen (secondary N) is 1. The van der Waals surface area contributed by atoms with Crippen LogP contribution in [0.5, 0.6) is 0 Å². The van der Waals surface area contributed by atoms with Crippen molar-refractivity contribution >= 4 is 28.4 Å². The minimum Gasteiger partial charge on any atom is -0.353 e. The van der Waals surface area contributed by atoms with E-state index in [-0.39, 0.29) is 23.8 Å². The molecule has 0 saturated heterocycles. The number of para-hydroxylation sites is 1. The first kappa shape index (κ1) is 14.1.